The molecule has 1 aliphatic carbocycles. The zero-order valence-corrected chi connectivity index (χ0v) is 11.7. The maximum absolute atomic E-state index is 12.1. The van der Waals surface area contributed by atoms with Gasteiger partial charge in [-0.3, -0.25) is 10.1 Å². The van der Waals surface area contributed by atoms with Gasteiger partial charge in [-0.25, -0.2) is 0 Å². The normalized spacial score (nSPS) is 22.9. The van der Waals surface area contributed by atoms with E-state index < -0.39 is 0 Å². The van der Waals surface area contributed by atoms with Crippen molar-refractivity contribution in [2.24, 2.45) is 11.7 Å². The first-order valence-corrected chi connectivity index (χ1v) is 7.12. The summed E-state index contributed by atoms with van der Waals surface area (Å²) in [5, 5.41) is 3.32. The van der Waals surface area contributed by atoms with Gasteiger partial charge in [-0.1, -0.05) is 11.6 Å². The Balaban J connectivity index is 1.71. The summed E-state index contributed by atoms with van der Waals surface area (Å²) in [4.78, 5) is 16.4. The summed E-state index contributed by atoms with van der Waals surface area (Å²) in [5.41, 5.74) is 7.08. The highest BCUT2D eigenvalue weighted by molar-refractivity contribution is 6.31. The molecule has 1 aliphatic rings. The molecule has 1 amide bonds. The van der Waals surface area contributed by atoms with Crippen molar-refractivity contribution >= 4 is 34.6 Å². The predicted molar refractivity (Wildman–Crippen MR) is 77.6 cm³/mol. The summed E-state index contributed by atoms with van der Waals surface area (Å²) >= 11 is 5.89. The molecular formula is C14H16ClN3O2. The summed E-state index contributed by atoms with van der Waals surface area (Å²) < 4.78 is 5.48. The summed E-state index contributed by atoms with van der Waals surface area (Å²) in [5.74, 6) is -0.0528. The lowest BCUT2D eigenvalue weighted by atomic mass is 9.86. The number of halogens is 1. The fraction of sp³-hybridized carbons (Fsp3) is 0.429. The van der Waals surface area contributed by atoms with E-state index in [1.807, 2.05) is 0 Å². The van der Waals surface area contributed by atoms with Gasteiger partial charge in [0, 0.05) is 17.0 Å². The van der Waals surface area contributed by atoms with Crippen molar-refractivity contribution in [2.75, 3.05) is 5.32 Å². The number of hydrogen-bond acceptors (Lipinski definition) is 4. The maximum atomic E-state index is 12.1. The van der Waals surface area contributed by atoms with Crippen LogP contribution in [-0.4, -0.2) is 16.9 Å². The van der Waals surface area contributed by atoms with Crippen LogP contribution in [-0.2, 0) is 4.79 Å². The number of fused-ring (bicyclic) bond motifs is 1. The lowest BCUT2D eigenvalue weighted by Gasteiger charge is -2.24. The molecular weight excluding hydrogens is 278 g/mol. The average Bonchev–Trinajstić information content (AvgIpc) is 2.80. The molecule has 0 saturated heterocycles. The molecule has 0 radical (unpaired) electrons. The van der Waals surface area contributed by atoms with Crippen LogP contribution in [0.15, 0.2) is 22.6 Å². The predicted octanol–water partition coefficient (Wildman–Crippen LogP) is 2.94. The number of carbonyl (C=O) groups is 1. The number of nitrogens with one attached hydrogen (secondary N) is 1. The summed E-state index contributed by atoms with van der Waals surface area (Å²) in [6.45, 7) is 0. The van der Waals surface area contributed by atoms with E-state index in [4.69, 9.17) is 21.8 Å². The first-order valence-electron chi connectivity index (χ1n) is 6.74. The second-order valence-corrected chi connectivity index (χ2v) is 5.67. The number of anilines is 1. The molecule has 3 N–H and O–H groups in total. The monoisotopic (exact) mass is 293 g/mol. The molecule has 0 unspecified atom stereocenters. The molecule has 0 aliphatic heterocycles. The van der Waals surface area contributed by atoms with Gasteiger partial charge in [-0.2, -0.15) is 4.98 Å². The summed E-state index contributed by atoms with van der Waals surface area (Å²) in [6, 6.07) is 5.62. The van der Waals surface area contributed by atoms with Crippen molar-refractivity contribution in [3.05, 3.63) is 23.2 Å². The molecule has 106 valence electrons. The first-order chi connectivity index (χ1) is 9.61. The van der Waals surface area contributed by atoms with Crippen LogP contribution in [0.3, 0.4) is 0 Å². The Kier molecular flexibility index (Phi) is 3.63. The summed E-state index contributed by atoms with van der Waals surface area (Å²) in [6.07, 6.45) is 3.42. The highest BCUT2D eigenvalue weighted by atomic mass is 35.5. The Hall–Kier alpha value is -1.59. The second kappa shape index (κ2) is 5.42. The molecule has 1 heterocycles. The van der Waals surface area contributed by atoms with E-state index in [9.17, 15) is 4.79 Å². The van der Waals surface area contributed by atoms with E-state index in [-0.39, 0.29) is 23.9 Å². The van der Waals surface area contributed by atoms with Crippen LogP contribution in [0.2, 0.25) is 5.02 Å². The number of rotatable bonds is 2. The largest absolute Gasteiger partial charge is 0.423 e. The van der Waals surface area contributed by atoms with Crippen LogP contribution in [0.4, 0.5) is 6.01 Å². The fourth-order valence-corrected chi connectivity index (χ4v) is 2.71. The second-order valence-electron chi connectivity index (χ2n) is 5.23. The number of benzene rings is 1. The smallest absolute Gasteiger partial charge is 0.302 e. The molecule has 2 aromatic rings. The zero-order valence-electron chi connectivity index (χ0n) is 10.9. The molecule has 0 spiro atoms. The molecule has 1 fully saturated rings. The van der Waals surface area contributed by atoms with Gasteiger partial charge in [0.05, 0.1) is 0 Å². The molecule has 0 atom stereocenters. The fourth-order valence-electron chi connectivity index (χ4n) is 2.54. The van der Waals surface area contributed by atoms with E-state index in [2.05, 4.69) is 10.3 Å². The third kappa shape index (κ3) is 2.78. The van der Waals surface area contributed by atoms with Gasteiger partial charge in [0.2, 0.25) is 5.91 Å². The number of oxazole rings is 1. The van der Waals surface area contributed by atoms with Crippen molar-refractivity contribution in [3.8, 4) is 0 Å². The molecule has 3 rings (SSSR count). The van der Waals surface area contributed by atoms with Crippen LogP contribution in [0.25, 0.3) is 11.1 Å². The Bertz CT molecular complexity index is 632. The molecule has 1 aromatic carbocycles. The lowest BCUT2D eigenvalue weighted by Crippen LogP contribution is -2.32. The van der Waals surface area contributed by atoms with Crippen molar-refractivity contribution in [1.82, 2.24) is 4.98 Å². The lowest BCUT2D eigenvalue weighted by molar-refractivity contribution is -0.120. The topological polar surface area (TPSA) is 81.2 Å². The van der Waals surface area contributed by atoms with Crippen LogP contribution in [0, 0.1) is 5.92 Å². The number of hydrogen-bond donors (Lipinski definition) is 2. The van der Waals surface area contributed by atoms with Crippen molar-refractivity contribution in [3.63, 3.8) is 0 Å². The van der Waals surface area contributed by atoms with Gasteiger partial charge in [-0.05, 0) is 43.9 Å². The Morgan fingerprint density at radius 2 is 2.10 bits per heavy atom. The SMILES string of the molecule is NC1CCC(C(=O)Nc2nc3cc(Cl)ccc3o2)CC1. The number of nitrogens with zero attached hydrogens (tertiary/aromatic N) is 1. The van der Waals surface area contributed by atoms with Crippen molar-refractivity contribution < 1.29 is 9.21 Å². The van der Waals surface area contributed by atoms with E-state index in [0.717, 1.165) is 25.7 Å². The number of nitrogens with two attached hydrogens (primary N) is 1. The standard InChI is InChI=1S/C14H16ClN3O2/c15-9-3-6-12-11(7-9)17-14(20-12)18-13(19)8-1-4-10(16)5-2-8/h3,6-8,10H,1-2,4-5,16H2,(H,17,18,19). The van der Waals surface area contributed by atoms with E-state index >= 15 is 0 Å². The highest BCUT2D eigenvalue weighted by Crippen LogP contribution is 2.26. The minimum absolute atomic E-state index is 0.00611. The Morgan fingerprint density at radius 1 is 1.35 bits per heavy atom. The van der Waals surface area contributed by atoms with Crippen LogP contribution < -0.4 is 11.1 Å². The van der Waals surface area contributed by atoms with Crippen LogP contribution in [0.5, 0.6) is 0 Å². The van der Waals surface area contributed by atoms with Crippen LogP contribution in [0.1, 0.15) is 25.7 Å². The first kappa shape index (κ1) is 13.4. The zero-order chi connectivity index (χ0) is 14.1. The Morgan fingerprint density at radius 3 is 2.85 bits per heavy atom. The van der Waals surface area contributed by atoms with E-state index in [1.165, 1.54) is 0 Å². The number of amides is 1. The third-order valence-corrected chi connectivity index (χ3v) is 3.96. The van der Waals surface area contributed by atoms with Crippen LogP contribution >= 0.6 is 11.6 Å². The van der Waals surface area contributed by atoms with Gasteiger partial charge in [0.15, 0.2) is 5.58 Å². The highest BCUT2D eigenvalue weighted by Gasteiger charge is 2.25. The van der Waals surface area contributed by atoms with Gasteiger partial charge >= 0.3 is 6.01 Å². The minimum Gasteiger partial charge on any atom is -0.423 e. The number of aromatic nitrogens is 1. The molecule has 5 nitrogen and oxygen atoms in total. The van der Waals surface area contributed by atoms with E-state index in [0.29, 0.717) is 16.1 Å². The van der Waals surface area contributed by atoms with Crippen molar-refractivity contribution in [2.45, 2.75) is 31.7 Å². The molecule has 6 heteroatoms. The average molecular weight is 294 g/mol. The quantitative estimate of drug-likeness (QED) is 0.892. The van der Waals surface area contributed by atoms with E-state index in [1.54, 1.807) is 18.2 Å². The molecule has 1 saturated carbocycles. The minimum atomic E-state index is -0.0467. The molecule has 0 bridgehead atoms. The van der Waals surface area contributed by atoms with Crippen molar-refractivity contribution in [1.29, 1.82) is 0 Å². The Labute approximate surface area is 121 Å². The maximum Gasteiger partial charge on any atom is 0.302 e. The van der Waals surface area contributed by atoms with Gasteiger partial charge in [-0.15, -0.1) is 0 Å². The number of carbonyl (C=O) groups excluding carboxylic acids is 1. The summed E-state index contributed by atoms with van der Waals surface area (Å²) in [7, 11) is 0. The van der Waals surface area contributed by atoms with Gasteiger partial charge in [0.25, 0.3) is 0 Å². The van der Waals surface area contributed by atoms with Gasteiger partial charge in [0.1, 0.15) is 5.52 Å². The van der Waals surface area contributed by atoms with Gasteiger partial charge < -0.3 is 10.2 Å². The molecule has 20 heavy (non-hydrogen) atoms. The molecule has 1 aromatic heterocycles. The third-order valence-electron chi connectivity index (χ3n) is 3.72.